The Hall–Kier alpha value is -1.01. The van der Waals surface area contributed by atoms with Gasteiger partial charge >= 0.3 is 0 Å². The fraction of sp³-hybridized carbons (Fsp3) is 0.923. The lowest BCUT2D eigenvalue weighted by atomic mass is 10.1. The molecular weight excluding hydrogens is 242 g/mol. The number of nitrogens with zero attached hydrogens (tertiary/aromatic N) is 4. The predicted molar refractivity (Wildman–Crippen MR) is 74.7 cm³/mol. The van der Waals surface area contributed by atoms with Crippen molar-refractivity contribution in [2.75, 3.05) is 13.2 Å². The molecule has 0 saturated carbocycles. The molecule has 1 heterocycles. The maximum atomic E-state index is 5.58. The molecule has 0 aliphatic rings. The fourth-order valence-electron chi connectivity index (χ4n) is 1.44. The molecule has 0 amide bonds. The van der Waals surface area contributed by atoms with Crippen molar-refractivity contribution in [1.29, 1.82) is 0 Å². The van der Waals surface area contributed by atoms with E-state index in [2.05, 4.69) is 55.5 Å². The van der Waals surface area contributed by atoms with Gasteiger partial charge in [-0.25, -0.2) is 4.68 Å². The lowest BCUT2D eigenvalue weighted by Gasteiger charge is -2.19. The van der Waals surface area contributed by atoms with Gasteiger partial charge in [0.1, 0.15) is 0 Å². The monoisotopic (exact) mass is 269 g/mol. The Morgan fingerprint density at radius 1 is 1.26 bits per heavy atom. The molecule has 19 heavy (non-hydrogen) atoms. The maximum Gasteiger partial charge on any atom is 0.165 e. The minimum Gasteiger partial charge on any atom is -0.380 e. The van der Waals surface area contributed by atoms with E-state index in [9.17, 15) is 0 Å². The van der Waals surface area contributed by atoms with Crippen molar-refractivity contribution in [3.8, 4) is 0 Å². The topological polar surface area (TPSA) is 64.9 Å². The zero-order valence-corrected chi connectivity index (χ0v) is 12.8. The minimum absolute atomic E-state index is 0.0601. The fourth-order valence-corrected chi connectivity index (χ4v) is 1.44. The van der Waals surface area contributed by atoms with Crippen LogP contribution in [0.1, 0.15) is 46.9 Å². The first-order valence-electron chi connectivity index (χ1n) is 6.96. The molecule has 0 aliphatic carbocycles. The highest BCUT2D eigenvalue weighted by molar-refractivity contribution is 4.83. The molecule has 1 N–H and O–H groups in total. The Bertz CT molecular complexity index is 356. The summed E-state index contributed by atoms with van der Waals surface area (Å²) in [6.45, 7) is 13.6. The molecule has 1 aromatic heterocycles. The van der Waals surface area contributed by atoms with Crippen LogP contribution < -0.4 is 5.32 Å². The highest BCUT2D eigenvalue weighted by Gasteiger charge is 2.12. The van der Waals surface area contributed by atoms with Gasteiger partial charge in [-0.3, -0.25) is 0 Å². The molecule has 0 unspecified atom stereocenters. The standard InChI is InChI=1S/C13H27N5O/c1-11(2)6-8-19-9-7-18-12(15-16-17-18)10-14-13(3,4)5/h11,14H,6-10H2,1-5H3. The van der Waals surface area contributed by atoms with Gasteiger partial charge in [0.15, 0.2) is 5.82 Å². The van der Waals surface area contributed by atoms with Crippen molar-refractivity contribution >= 4 is 0 Å². The average molecular weight is 269 g/mol. The number of hydrogen-bond donors (Lipinski definition) is 1. The number of tetrazole rings is 1. The lowest BCUT2D eigenvalue weighted by molar-refractivity contribution is 0.113. The first-order chi connectivity index (χ1) is 8.88. The van der Waals surface area contributed by atoms with Crippen molar-refractivity contribution in [1.82, 2.24) is 25.5 Å². The molecule has 0 saturated heterocycles. The predicted octanol–water partition coefficient (Wildman–Crippen LogP) is 1.62. The summed E-state index contributed by atoms with van der Waals surface area (Å²) in [6.07, 6.45) is 1.09. The van der Waals surface area contributed by atoms with Crippen molar-refractivity contribution < 1.29 is 4.74 Å². The van der Waals surface area contributed by atoms with Gasteiger partial charge in [-0.05, 0) is 43.5 Å². The molecule has 110 valence electrons. The van der Waals surface area contributed by atoms with Gasteiger partial charge in [0, 0.05) is 12.1 Å². The van der Waals surface area contributed by atoms with Crippen molar-refractivity contribution in [2.24, 2.45) is 5.92 Å². The van der Waals surface area contributed by atoms with E-state index in [1.54, 1.807) is 4.68 Å². The number of hydrogen-bond acceptors (Lipinski definition) is 5. The molecule has 1 rings (SSSR count). The van der Waals surface area contributed by atoms with E-state index in [1.165, 1.54) is 0 Å². The summed E-state index contributed by atoms with van der Waals surface area (Å²) < 4.78 is 7.38. The van der Waals surface area contributed by atoms with Crippen LogP contribution in [0.25, 0.3) is 0 Å². The molecule has 0 spiro atoms. The molecule has 0 aromatic carbocycles. The van der Waals surface area contributed by atoms with Crippen LogP contribution in [0.5, 0.6) is 0 Å². The Morgan fingerprint density at radius 2 is 2.00 bits per heavy atom. The highest BCUT2D eigenvalue weighted by Crippen LogP contribution is 2.02. The Morgan fingerprint density at radius 3 is 2.63 bits per heavy atom. The summed E-state index contributed by atoms with van der Waals surface area (Å²) in [5.74, 6) is 1.53. The molecule has 0 fully saturated rings. The molecule has 0 atom stereocenters. The smallest absolute Gasteiger partial charge is 0.165 e. The Kier molecular flexibility index (Phi) is 6.37. The van der Waals surface area contributed by atoms with Gasteiger partial charge in [-0.1, -0.05) is 13.8 Å². The molecule has 0 bridgehead atoms. The lowest BCUT2D eigenvalue weighted by Crippen LogP contribution is -2.36. The van der Waals surface area contributed by atoms with Crippen LogP contribution >= 0.6 is 0 Å². The van der Waals surface area contributed by atoms with E-state index in [1.807, 2.05) is 0 Å². The summed E-state index contributed by atoms with van der Waals surface area (Å²) in [6, 6.07) is 0. The van der Waals surface area contributed by atoms with Crippen molar-refractivity contribution in [3.05, 3.63) is 5.82 Å². The van der Waals surface area contributed by atoms with Crippen LogP contribution in [0.3, 0.4) is 0 Å². The van der Waals surface area contributed by atoms with Crippen molar-refractivity contribution in [2.45, 2.75) is 59.7 Å². The van der Waals surface area contributed by atoms with Gasteiger partial charge < -0.3 is 10.1 Å². The van der Waals surface area contributed by atoms with Crippen molar-refractivity contribution in [3.63, 3.8) is 0 Å². The first kappa shape index (κ1) is 16.0. The average Bonchev–Trinajstić information content (AvgIpc) is 2.72. The number of ether oxygens (including phenoxy) is 1. The third kappa shape index (κ3) is 7.22. The van der Waals surface area contributed by atoms with Crippen LogP contribution in [-0.2, 0) is 17.8 Å². The van der Waals surface area contributed by atoms with Gasteiger partial charge in [-0.2, -0.15) is 0 Å². The largest absolute Gasteiger partial charge is 0.380 e. The molecular formula is C13H27N5O. The van der Waals surface area contributed by atoms with E-state index in [-0.39, 0.29) is 5.54 Å². The molecule has 6 heteroatoms. The molecule has 6 nitrogen and oxygen atoms in total. The van der Waals surface area contributed by atoms with Crippen LogP contribution in [0.2, 0.25) is 0 Å². The van der Waals surface area contributed by atoms with Gasteiger partial charge in [0.2, 0.25) is 0 Å². The number of rotatable bonds is 8. The summed E-state index contributed by atoms with van der Waals surface area (Å²) in [5, 5.41) is 15.1. The second kappa shape index (κ2) is 7.55. The Labute approximate surface area is 115 Å². The number of aromatic nitrogens is 4. The summed E-state index contributed by atoms with van der Waals surface area (Å²) in [4.78, 5) is 0. The van der Waals surface area contributed by atoms with Crippen LogP contribution in [0.4, 0.5) is 0 Å². The van der Waals surface area contributed by atoms with E-state index < -0.39 is 0 Å². The van der Waals surface area contributed by atoms with E-state index in [4.69, 9.17) is 4.74 Å². The van der Waals surface area contributed by atoms with Gasteiger partial charge in [0.25, 0.3) is 0 Å². The van der Waals surface area contributed by atoms with E-state index >= 15 is 0 Å². The normalized spacial score (nSPS) is 12.3. The van der Waals surface area contributed by atoms with Gasteiger partial charge in [0.05, 0.1) is 19.7 Å². The maximum absolute atomic E-state index is 5.58. The van der Waals surface area contributed by atoms with Gasteiger partial charge in [-0.15, -0.1) is 5.10 Å². The second-order valence-electron chi connectivity index (χ2n) is 6.22. The SMILES string of the molecule is CC(C)CCOCCn1nnnc1CNC(C)(C)C. The summed E-state index contributed by atoms with van der Waals surface area (Å²) in [5.41, 5.74) is 0.0601. The molecule has 1 aromatic rings. The third-order valence-corrected chi connectivity index (χ3v) is 2.67. The first-order valence-corrected chi connectivity index (χ1v) is 6.96. The summed E-state index contributed by atoms with van der Waals surface area (Å²) in [7, 11) is 0. The van der Waals surface area contributed by atoms with E-state index in [0.717, 1.165) is 18.9 Å². The number of nitrogens with one attached hydrogen (secondary N) is 1. The van der Waals surface area contributed by atoms with Crippen LogP contribution in [-0.4, -0.2) is 39.0 Å². The zero-order valence-electron chi connectivity index (χ0n) is 12.8. The quantitative estimate of drug-likeness (QED) is 0.727. The Balaban J connectivity index is 2.28. The molecule has 0 radical (unpaired) electrons. The van der Waals surface area contributed by atoms with E-state index in [0.29, 0.717) is 25.6 Å². The van der Waals surface area contributed by atoms with Crippen LogP contribution in [0.15, 0.2) is 0 Å². The molecule has 0 aliphatic heterocycles. The zero-order chi connectivity index (χ0) is 14.3. The minimum atomic E-state index is 0.0601. The van der Waals surface area contributed by atoms with Crippen LogP contribution in [0, 0.1) is 5.92 Å². The highest BCUT2D eigenvalue weighted by atomic mass is 16.5. The third-order valence-electron chi connectivity index (χ3n) is 2.67. The summed E-state index contributed by atoms with van der Waals surface area (Å²) >= 11 is 0. The second-order valence-corrected chi connectivity index (χ2v) is 6.22.